The minimum absolute atomic E-state index is 0.163. The number of carbonyl (C=O) groups excluding carboxylic acids is 2. The normalized spacial score (nSPS) is 17.8. The highest BCUT2D eigenvalue weighted by Crippen LogP contribution is 2.12. The Labute approximate surface area is 148 Å². The molecule has 0 aromatic heterocycles. The Morgan fingerprint density at radius 1 is 1.35 bits per heavy atom. The third-order valence-corrected chi connectivity index (χ3v) is 4.57. The van der Waals surface area contributed by atoms with Gasteiger partial charge in [0.2, 0.25) is 5.91 Å². The number of amides is 2. The fourth-order valence-corrected chi connectivity index (χ4v) is 3.19. The molecule has 2 N–H and O–H groups in total. The van der Waals surface area contributed by atoms with E-state index in [1.165, 1.54) is 0 Å². The molecule has 1 aliphatic rings. The van der Waals surface area contributed by atoms with Gasteiger partial charge in [-0.15, -0.1) is 11.8 Å². The highest BCUT2D eigenvalue weighted by atomic mass is 32.2. The average Bonchev–Trinajstić information content (AvgIpc) is 2.52. The number of hydrogen-bond acceptors (Lipinski definition) is 6. The smallest absolute Gasteiger partial charge is 0.407 e. The number of nitrogens with zero attached hydrogens (tertiary/aromatic N) is 1. The summed E-state index contributed by atoms with van der Waals surface area (Å²) in [6.45, 7) is 6.22. The molecule has 0 saturated carbocycles. The first kappa shape index (κ1) is 20.4. The fraction of sp³-hybridized carbons (Fsp3) is 0.867. The van der Waals surface area contributed by atoms with E-state index in [9.17, 15) is 9.59 Å². The summed E-state index contributed by atoms with van der Waals surface area (Å²) >= 11 is 5.97. The van der Waals surface area contributed by atoms with Crippen molar-refractivity contribution in [1.82, 2.24) is 15.5 Å². The van der Waals surface area contributed by atoms with Gasteiger partial charge < -0.3 is 15.4 Å². The van der Waals surface area contributed by atoms with Crippen LogP contribution in [0.25, 0.3) is 0 Å². The Hall–Kier alpha value is -0.600. The maximum atomic E-state index is 12.3. The van der Waals surface area contributed by atoms with Gasteiger partial charge in [0, 0.05) is 30.8 Å². The number of hydrogen-bond donors (Lipinski definition) is 3. The fourth-order valence-electron chi connectivity index (χ4n) is 2.31. The zero-order valence-electron chi connectivity index (χ0n) is 14.2. The lowest BCUT2D eigenvalue weighted by Crippen LogP contribution is -2.53. The number of alkyl carbamates (subject to hydrolysis) is 1. The van der Waals surface area contributed by atoms with E-state index >= 15 is 0 Å². The molecule has 1 rings (SSSR count). The van der Waals surface area contributed by atoms with Crippen molar-refractivity contribution in [3.8, 4) is 0 Å². The summed E-state index contributed by atoms with van der Waals surface area (Å²) in [6.07, 6.45) is 3.39. The summed E-state index contributed by atoms with van der Waals surface area (Å²) < 4.78 is 5.04. The van der Waals surface area contributed by atoms with Crippen LogP contribution < -0.4 is 10.6 Å². The highest BCUT2D eigenvalue weighted by Gasteiger charge is 2.25. The van der Waals surface area contributed by atoms with Crippen LogP contribution in [0, 0.1) is 5.92 Å². The quantitative estimate of drug-likeness (QED) is 0.571. The Morgan fingerprint density at radius 3 is 2.52 bits per heavy atom. The van der Waals surface area contributed by atoms with Crippen molar-refractivity contribution >= 4 is 36.4 Å². The summed E-state index contributed by atoms with van der Waals surface area (Å²) in [6, 6.07) is -0.501. The van der Waals surface area contributed by atoms with E-state index in [1.807, 2.05) is 25.6 Å². The molecule has 1 heterocycles. The molecule has 0 spiro atoms. The summed E-state index contributed by atoms with van der Waals surface area (Å²) in [5, 5.41) is 5.59. The van der Waals surface area contributed by atoms with Crippen molar-refractivity contribution < 1.29 is 14.3 Å². The van der Waals surface area contributed by atoms with Crippen molar-refractivity contribution in [2.45, 2.75) is 38.8 Å². The number of piperidine rings is 1. The molecule has 0 bridgehead atoms. The summed E-state index contributed by atoms with van der Waals surface area (Å²) in [5.41, 5.74) is 0. The number of ether oxygens (including phenoxy) is 1. The van der Waals surface area contributed by atoms with Crippen LogP contribution in [0.4, 0.5) is 4.79 Å². The summed E-state index contributed by atoms with van der Waals surface area (Å²) in [5.74, 6) is 1.34. The topological polar surface area (TPSA) is 70.7 Å². The Morgan fingerprint density at radius 2 is 2.00 bits per heavy atom. The number of nitrogens with one attached hydrogen (secondary N) is 2. The molecule has 134 valence electrons. The molecular weight excluding hydrogens is 334 g/mol. The SMILES string of the molecule is CSCN1CCC(NC(=O)C(CS)NC(=O)OCC(C)C)CC1. The second-order valence-electron chi connectivity index (χ2n) is 6.19. The number of likely N-dealkylation sites (tertiary alicyclic amines) is 1. The standard InChI is InChI=1S/C15H29N3O3S2/c1-11(2)8-21-15(20)17-13(9-22)14(19)16-12-4-6-18(7-5-12)10-23-3/h11-13,22H,4-10H2,1-3H3,(H,16,19)(H,17,20). The van der Waals surface area contributed by atoms with E-state index in [1.54, 1.807) is 0 Å². The minimum atomic E-state index is -0.665. The van der Waals surface area contributed by atoms with Crippen LogP contribution >= 0.6 is 24.4 Å². The number of thioether (sulfide) groups is 1. The van der Waals surface area contributed by atoms with Gasteiger partial charge in [0.25, 0.3) is 0 Å². The van der Waals surface area contributed by atoms with Gasteiger partial charge in [-0.3, -0.25) is 9.69 Å². The molecule has 1 atom stereocenters. The van der Waals surface area contributed by atoms with Crippen molar-refractivity contribution in [1.29, 1.82) is 0 Å². The van der Waals surface area contributed by atoms with E-state index < -0.39 is 12.1 Å². The largest absolute Gasteiger partial charge is 0.449 e. The third-order valence-electron chi connectivity index (χ3n) is 3.58. The maximum Gasteiger partial charge on any atom is 0.407 e. The lowest BCUT2D eigenvalue weighted by atomic mass is 10.1. The van der Waals surface area contributed by atoms with Crippen molar-refractivity contribution in [3.05, 3.63) is 0 Å². The van der Waals surface area contributed by atoms with Gasteiger partial charge in [-0.05, 0) is 25.0 Å². The third kappa shape index (κ3) is 8.17. The molecule has 0 aromatic carbocycles. The lowest BCUT2D eigenvalue weighted by molar-refractivity contribution is -0.123. The monoisotopic (exact) mass is 363 g/mol. The first-order valence-corrected chi connectivity index (χ1v) is 10.0. The van der Waals surface area contributed by atoms with Gasteiger partial charge in [-0.2, -0.15) is 12.6 Å². The van der Waals surface area contributed by atoms with Crippen LogP contribution in [0.15, 0.2) is 0 Å². The molecule has 6 nitrogen and oxygen atoms in total. The van der Waals surface area contributed by atoms with Crippen LogP contribution in [0.2, 0.25) is 0 Å². The van der Waals surface area contributed by atoms with Gasteiger partial charge in [0.1, 0.15) is 6.04 Å². The lowest BCUT2D eigenvalue weighted by Gasteiger charge is -2.32. The molecular formula is C15H29N3O3S2. The second kappa shape index (κ2) is 11.0. The molecule has 1 aliphatic heterocycles. The van der Waals surface area contributed by atoms with Gasteiger partial charge in [-0.1, -0.05) is 13.8 Å². The Kier molecular flexibility index (Phi) is 9.81. The molecule has 0 radical (unpaired) electrons. The number of thiol groups is 1. The average molecular weight is 364 g/mol. The summed E-state index contributed by atoms with van der Waals surface area (Å²) in [7, 11) is 0. The Bertz CT molecular complexity index is 375. The second-order valence-corrected chi connectivity index (χ2v) is 7.39. The molecule has 1 unspecified atom stereocenters. The van der Waals surface area contributed by atoms with E-state index in [2.05, 4.69) is 34.4 Å². The van der Waals surface area contributed by atoms with Crippen LogP contribution in [0.5, 0.6) is 0 Å². The number of carbonyl (C=O) groups is 2. The first-order chi connectivity index (χ1) is 11.0. The van der Waals surface area contributed by atoms with Crippen LogP contribution in [0.3, 0.4) is 0 Å². The van der Waals surface area contributed by atoms with Gasteiger partial charge in [-0.25, -0.2) is 4.79 Å². The van der Waals surface area contributed by atoms with Crippen LogP contribution in [-0.2, 0) is 9.53 Å². The molecule has 8 heteroatoms. The molecule has 2 amide bonds. The summed E-state index contributed by atoms with van der Waals surface area (Å²) in [4.78, 5) is 26.3. The van der Waals surface area contributed by atoms with Crippen molar-refractivity contribution in [2.75, 3.05) is 37.6 Å². The van der Waals surface area contributed by atoms with Crippen LogP contribution in [-0.4, -0.2) is 66.6 Å². The number of rotatable bonds is 8. The van der Waals surface area contributed by atoms with Crippen molar-refractivity contribution in [3.63, 3.8) is 0 Å². The van der Waals surface area contributed by atoms with Gasteiger partial charge in [0.05, 0.1) is 6.61 Å². The molecule has 0 aliphatic carbocycles. The van der Waals surface area contributed by atoms with E-state index in [4.69, 9.17) is 4.74 Å². The Balaban J connectivity index is 2.35. The van der Waals surface area contributed by atoms with E-state index in [0.29, 0.717) is 6.61 Å². The first-order valence-electron chi connectivity index (χ1n) is 8.02. The van der Waals surface area contributed by atoms with Gasteiger partial charge >= 0.3 is 6.09 Å². The molecule has 0 aromatic rings. The van der Waals surface area contributed by atoms with Crippen LogP contribution in [0.1, 0.15) is 26.7 Å². The molecule has 23 heavy (non-hydrogen) atoms. The van der Waals surface area contributed by atoms with Gasteiger partial charge in [0.15, 0.2) is 0 Å². The van der Waals surface area contributed by atoms with E-state index in [-0.39, 0.29) is 23.6 Å². The molecule has 1 fully saturated rings. The van der Waals surface area contributed by atoms with Crippen molar-refractivity contribution in [2.24, 2.45) is 5.92 Å². The molecule has 1 saturated heterocycles. The maximum absolute atomic E-state index is 12.3. The predicted molar refractivity (Wildman–Crippen MR) is 98.1 cm³/mol. The highest BCUT2D eigenvalue weighted by molar-refractivity contribution is 7.98. The van der Waals surface area contributed by atoms with E-state index in [0.717, 1.165) is 31.8 Å². The predicted octanol–water partition coefficient (Wildman–Crippen LogP) is 1.57. The zero-order chi connectivity index (χ0) is 17.2. The minimum Gasteiger partial charge on any atom is -0.449 e. The zero-order valence-corrected chi connectivity index (χ0v) is 15.9.